The average molecular weight is 155 g/mol. The van der Waals surface area contributed by atoms with Gasteiger partial charge in [-0.25, -0.2) is 9.37 Å². The van der Waals surface area contributed by atoms with Gasteiger partial charge in [-0.3, -0.25) is 0 Å². The Labute approximate surface area is 65.0 Å². The molecule has 0 saturated carbocycles. The predicted octanol–water partition coefficient (Wildman–Crippen LogP) is 1.93. The molecule has 0 atom stereocenters. The van der Waals surface area contributed by atoms with E-state index in [2.05, 4.69) is 4.98 Å². The van der Waals surface area contributed by atoms with Gasteiger partial charge in [0, 0.05) is 6.20 Å². The molecule has 11 heavy (non-hydrogen) atoms. The van der Waals surface area contributed by atoms with Crippen LogP contribution in [0.1, 0.15) is 12.5 Å². The van der Waals surface area contributed by atoms with Crippen LogP contribution in [-0.4, -0.2) is 11.6 Å². The maximum atomic E-state index is 12.8. The molecule has 0 aliphatic carbocycles. The second kappa shape index (κ2) is 3.32. The minimum Gasteiger partial charge on any atom is -0.476 e. The van der Waals surface area contributed by atoms with Crippen molar-refractivity contribution in [1.82, 2.24) is 4.98 Å². The van der Waals surface area contributed by atoms with E-state index in [1.165, 1.54) is 6.07 Å². The number of rotatable bonds is 2. The fourth-order valence-corrected chi connectivity index (χ4v) is 0.764. The van der Waals surface area contributed by atoms with E-state index in [1.807, 2.05) is 0 Å². The van der Waals surface area contributed by atoms with Crippen LogP contribution in [0.4, 0.5) is 4.39 Å². The molecule has 0 spiro atoms. The Kier molecular flexibility index (Phi) is 2.41. The van der Waals surface area contributed by atoms with Crippen LogP contribution in [0, 0.1) is 12.7 Å². The van der Waals surface area contributed by atoms with E-state index >= 15 is 0 Å². The Morgan fingerprint density at radius 3 is 2.91 bits per heavy atom. The summed E-state index contributed by atoms with van der Waals surface area (Å²) in [6, 6.07) is 1.40. The SMILES string of the molecule is CCOc1ncc(C)cc1F. The smallest absolute Gasteiger partial charge is 0.250 e. The molecule has 1 aromatic rings. The van der Waals surface area contributed by atoms with Crippen molar-refractivity contribution >= 4 is 0 Å². The Hall–Kier alpha value is -1.12. The molecule has 1 heterocycles. The van der Waals surface area contributed by atoms with E-state index in [0.717, 1.165) is 5.56 Å². The Morgan fingerprint density at radius 2 is 2.36 bits per heavy atom. The van der Waals surface area contributed by atoms with Gasteiger partial charge >= 0.3 is 0 Å². The van der Waals surface area contributed by atoms with Crippen LogP contribution in [0.25, 0.3) is 0 Å². The van der Waals surface area contributed by atoms with Crippen molar-refractivity contribution < 1.29 is 9.13 Å². The quantitative estimate of drug-likeness (QED) is 0.651. The lowest BCUT2D eigenvalue weighted by Gasteiger charge is -2.02. The van der Waals surface area contributed by atoms with Gasteiger partial charge in [0.15, 0.2) is 5.82 Å². The third-order valence-electron chi connectivity index (χ3n) is 1.23. The van der Waals surface area contributed by atoms with Gasteiger partial charge in [0.2, 0.25) is 5.88 Å². The van der Waals surface area contributed by atoms with Crippen LogP contribution in [0.5, 0.6) is 5.88 Å². The molecule has 1 aromatic heterocycles. The number of nitrogens with zero attached hydrogens (tertiary/aromatic N) is 1. The molecular weight excluding hydrogens is 145 g/mol. The monoisotopic (exact) mass is 155 g/mol. The number of aromatic nitrogens is 1. The average Bonchev–Trinajstić information content (AvgIpc) is 1.95. The van der Waals surface area contributed by atoms with Crippen molar-refractivity contribution in [3.8, 4) is 5.88 Å². The molecule has 60 valence electrons. The van der Waals surface area contributed by atoms with Crippen LogP contribution in [-0.2, 0) is 0 Å². The van der Waals surface area contributed by atoms with Crippen molar-refractivity contribution in [3.63, 3.8) is 0 Å². The molecule has 0 aliphatic rings. The first-order valence-corrected chi connectivity index (χ1v) is 3.49. The summed E-state index contributed by atoms with van der Waals surface area (Å²) in [5, 5.41) is 0. The van der Waals surface area contributed by atoms with E-state index in [-0.39, 0.29) is 5.88 Å². The highest BCUT2D eigenvalue weighted by Gasteiger charge is 2.02. The minimum atomic E-state index is -0.396. The first-order chi connectivity index (χ1) is 5.24. The van der Waals surface area contributed by atoms with Gasteiger partial charge in [0.25, 0.3) is 0 Å². The molecule has 0 bridgehead atoms. The number of aryl methyl sites for hydroxylation is 1. The first kappa shape index (κ1) is 7.98. The molecule has 0 amide bonds. The van der Waals surface area contributed by atoms with Crippen LogP contribution in [0.3, 0.4) is 0 Å². The maximum absolute atomic E-state index is 12.8. The number of ether oxygens (including phenoxy) is 1. The van der Waals surface area contributed by atoms with E-state index in [0.29, 0.717) is 6.61 Å². The molecule has 2 nitrogen and oxygen atoms in total. The Balaban J connectivity index is 2.90. The molecule has 0 unspecified atom stereocenters. The highest BCUT2D eigenvalue weighted by atomic mass is 19.1. The Bertz CT molecular complexity index is 250. The number of hydrogen-bond donors (Lipinski definition) is 0. The fourth-order valence-electron chi connectivity index (χ4n) is 0.764. The summed E-state index contributed by atoms with van der Waals surface area (Å²) in [6.07, 6.45) is 1.58. The number of halogens is 1. The van der Waals surface area contributed by atoms with Crippen LogP contribution in [0.15, 0.2) is 12.3 Å². The van der Waals surface area contributed by atoms with Crippen molar-refractivity contribution in [2.75, 3.05) is 6.61 Å². The van der Waals surface area contributed by atoms with Gasteiger partial charge in [-0.15, -0.1) is 0 Å². The fraction of sp³-hybridized carbons (Fsp3) is 0.375. The second-order valence-electron chi connectivity index (χ2n) is 2.23. The van der Waals surface area contributed by atoms with Crippen molar-refractivity contribution in [2.45, 2.75) is 13.8 Å². The zero-order chi connectivity index (χ0) is 8.27. The second-order valence-corrected chi connectivity index (χ2v) is 2.23. The van der Waals surface area contributed by atoms with E-state index < -0.39 is 5.82 Å². The van der Waals surface area contributed by atoms with Gasteiger partial charge < -0.3 is 4.74 Å². The van der Waals surface area contributed by atoms with Crippen molar-refractivity contribution in [2.24, 2.45) is 0 Å². The Morgan fingerprint density at radius 1 is 1.64 bits per heavy atom. The van der Waals surface area contributed by atoms with Crippen LogP contribution < -0.4 is 4.74 Å². The summed E-state index contributed by atoms with van der Waals surface area (Å²) < 4.78 is 17.8. The molecule has 0 radical (unpaired) electrons. The maximum Gasteiger partial charge on any atom is 0.250 e. The minimum absolute atomic E-state index is 0.0816. The molecular formula is C8H10FNO. The lowest BCUT2D eigenvalue weighted by atomic mass is 10.3. The molecule has 0 N–H and O–H groups in total. The van der Waals surface area contributed by atoms with Gasteiger partial charge in [0.1, 0.15) is 0 Å². The standard InChI is InChI=1S/C8H10FNO/c1-3-11-8-7(9)4-6(2)5-10-8/h4-5H,3H2,1-2H3. The summed E-state index contributed by atoms with van der Waals surface area (Å²) >= 11 is 0. The number of hydrogen-bond acceptors (Lipinski definition) is 2. The molecule has 3 heteroatoms. The summed E-state index contributed by atoms with van der Waals surface area (Å²) in [5.41, 5.74) is 0.797. The van der Waals surface area contributed by atoms with Gasteiger partial charge in [-0.2, -0.15) is 0 Å². The lowest BCUT2D eigenvalue weighted by molar-refractivity contribution is 0.307. The largest absolute Gasteiger partial charge is 0.476 e. The highest BCUT2D eigenvalue weighted by molar-refractivity contribution is 5.18. The normalized spacial score (nSPS) is 9.73. The summed E-state index contributed by atoms with van der Waals surface area (Å²) in [7, 11) is 0. The highest BCUT2D eigenvalue weighted by Crippen LogP contribution is 2.13. The molecule has 0 saturated heterocycles. The van der Waals surface area contributed by atoms with Crippen molar-refractivity contribution in [1.29, 1.82) is 0 Å². The molecule has 0 fully saturated rings. The zero-order valence-electron chi connectivity index (χ0n) is 6.60. The lowest BCUT2D eigenvalue weighted by Crippen LogP contribution is -1.97. The van der Waals surface area contributed by atoms with E-state index in [4.69, 9.17) is 4.74 Å². The summed E-state index contributed by atoms with van der Waals surface area (Å²) in [5.74, 6) is -0.315. The van der Waals surface area contributed by atoms with Gasteiger partial charge in [-0.05, 0) is 25.5 Å². The molecule has 0 aliphatic heterocycles. The number of pyridine rings is 1. The zero-order valence-corrected chi connectivity index (χ0v) is 6.60. The van der Waals surface area contributed by atoms with Crippen LogP contribution >= 0.6 is 0 Å². The summed E-state index contributed by atoms with van der Waals surface area (Å²) in [6.45, 7) is 4.01. The first-order valence-electron chi connectivity index (χ1n) is 3.49. The molecule has 1 rings (SSSR count). The van der Waals surface area contributed by atoms with Gasteiger partial charge in [0.05, 0.1) is 6.61 Å². The van der Waals surface area contributed by atoms with E-state index in [9.17, 15) is 4.39 Å². The van der Waals surface area contributed by atoms with Gasteiger partial charge in [-0.1, -0.05) is 0 Å². The summed E-state index contributed by atoms with van der Waals surface area (Å²) in [4.78, 5) is 3.77. The molecule has 0 aromatic carbocycles. The van der Waals surface area contributed by atoms with Crippen molar-refractivity contribution in [3.05, 3.63) is 23.6 Å². The predicted molar refractivity (Wildman–Crippen MR) is 40.1 cm³/mol. The third kappa shape index (κ3) is 1.90. The van der Waals surface area contributed by atoms with E-state index in [1.54, 1.807) is 20.0 Å². The third-order valence-corrected chi connectivity index (χ3v) is 1.23. The van der Waals surface area contributed by atoms with Crippen LogP contribution in [0.2, 0.25) is 0 Å². The topological polar surface area (TPSA) is 22.1 Å².